The average Bonchev–Trinajstić information content (AvgIpc) is 2.74. The maximum absolute atomic E-state index is 12.8. The Morgan fingerprint density at radius 2 is 1.81 bits per heavy atom. The number of aromatic hydroxyl groups is 1. The van der Waals surface area contributed by atoms with Crippen LogP contribution in [0.25, 0.3) is 0 Å². The number of phenolic OH excluding ortho intramolecular Hbond substituents is 1. The number of amides is 1. The molecule has 0 fully saturated rings. The first-order valence-corrected chi connectivity index (χ1v) is 11.7. The number of rotatable bonds is 8. The van der Waals surface area contributed by atoms with E-state index in [0.29, 0.717) is 21.8 Å². The lowest BCUT2D eigenvalue weighted by Crippen LogP contribution is -2.34. The predicted molar refractivity (Wildman–Crippen MR) is 123 cm³/mol. The minimum atomic E-state index is -3.83. The number of nitrogens with zero attached hydrogens (tertiary/aromatic N) is 1. The molecule has 1 aromatic heterocycles. The van der Waals surface area contributed by atoms with Crippen LogP contribution in [0.5, 0.6) is 5.75 Å². The van der Waals surface area contributed by atoms with Gasteiger partial charge < -0.3 is 15.0 Å². The summed E-state index contributed by atoms with van der Waals surface area (Å²) < 4.78 is 28.5. The summed E-state index contributed by atoms with van der Waals surface area (Å²) in [6.07, 6.45) is 0. The molecule has 1 heterocycles. The quantitative estimate of drug-likeness (QED) is 0.463. The van der Waals surface area contributed by atoms with Crippen molar-refractivity contribution in [1.29, 1.82) is 0 Å². The van der Waals surface area contributed by atoms with Gasteiger partial charge in [-0.2, -0.15) is 0 Å². The molecule has 3 aromatic rings. The Morgan fingerprint density at radius 3 is 2.53 bits per heavy atom. The molecule has 3 N–H and O–H groups in total. The molecule has 168 valence electrons. The first-order chi connectivity index (χ1) is 15.1. The summed E-state index contributed by atoms with van der Waals surface area (Å²) >= 11 is 5.90. The Balaban J connectivity index is 1.72. The summed E-state index contributed by atoms with van der Waals surface area (Å²) in [5, 5.41) is 12.9. The van der Waals surface area contributed by atoms with Crippen molar-refractivity contribution in [3.8, 4) is 5.75 Å². The number of benzene rings is 2. The number of hydrogen-bond acceptors (Lipinski definition) is 5. The van der Waals surface area contributed by atoms with Crippen LogP contribution in [0.2, 0.25) is 5.02 Å². The normalized spacial score (nSPS) is 11.2. The summed E-state index contributed by atoms with van der Waals surface area (Å²) in [5.74, 6) is -0.790. The molecule has 0 spiro atoms. The highest BCUT2D eigenvalue weighted by atomic mass is 35.5. The minimum Gasteiger partial charge on any atom is -0.508 e. The number of phenols is 1. The van der Waals surface area contributed by atoms with Crippen molar-refractivity contribution in [3.05, 3.63) is 92.9 Å². The third-order valence-corrected chi connectivity index (χ3v) is 6.16. The van der Waals surface area contributed by atoms with Gasteiger partial charge in [0.15, 0.2) is 0 Å². The van der Waals surface area contributed by atoms with Crippen LogP contribution in [0.1, 0.15) is 16.8 Å². The van der Waals surface area contributed by atoms with Gasteiger partial charge in [-0.25, -0.2) is 8.42 Å². The standard InChI is InChI=1S/C22H22ClN3O5S/c1-15-7-9-19(25-32(30,31)14-16-5-3-2-4-6-16)22(29)26(15)13-21(28)24-12-17-11-18(23)8-10-20(17)27/h2-11,25,27H,12-14H2,1H3,(H,24,28). The second kappa shape index (κ2) is 9.88. The fourth-order valence-electron chi connectivity index (χ4n) is 3.03. The number of nitrogens with one attached hydrogen (secondary N) is 2. The van der Waals surface area contributed by atoms with Crippen LogP contribution in [0.4, 0.5) is 5.69 Å². The first kappa shape index (κ1) is 23.4. The van der Waals surface area contributed by atoms with E-state index in [2.05, 4.69) is 10.0 Å². The third-order valence-electron chi connectivity index (χ3n) is 4.68. The van der Waals surface area contributed by atoms with Crippen LogP contribution in [0.15, 0.2) is 65.5 Å². The van der Waals surface area contributed by atoms with Crippen molar-refractivity contribution in [2.45, 2.75) is 25.8 Å². The molecule has 32 heavy (non-hydrogen) atoms. The monoisotopic (exact) mass is 475 g/mol. The molecular weight excluding hydrogens is 454 g/mol. The predicted octanol–water partition coefficient (Wildman–Crippen LogP) is 2.77. The highest BCUT2D eigenvalue weighted by Crippen LogP contribution is 2.21. The molecule has 0 aliphatic heterocycles. The molecule has 8 nitrogen and oxygen atoms in total. The van der Waals surface area contributed by atoms with Crippen molar-refractivity contribution < 1.29 is 18.3 Å². The Bertz CT molecular complexity index is 1290. The van der Waals surface area contributed by atoms with Gasteiger partial charge in [0.25, 0.3) is 5.56 Å². The molecule has 0 saturated carbocycles. The van der Waals surface area contributed by atoms with Crippen molar-refractivity contribution in [3.63, 3.8) is 0 Å². The maximum atomic E-state index is 12.8. The van der Waals surface area contributed by atoms with Crippen LogP contribution in [0.3, 0.4) is 0 Å². The number of anilines is 1. The lowest BCUT2D eigenvalue weighted by Gasteiger charge is -2.14. The molecule has 0 radical (unpaired) electrons. The molecule has 0 bridgehead atoms. The van der Waals surface area contributed by atoms with Crippen LogP contribution >= 0.6 is 11.6 Å². The molecule has 10 heteroatoms. The molecule has 2 aromatic carbocycles. The number of sulfonamides is 1. The van der Waals surface area contributed by atoms with Gasteiger partial charge in [0.05, 0.1) is 5.75 Å². The van der Waals surface area contributed by atoms with Crippen molar-refractivity contribution in [1.82, 2.24) is 9.88 Å². The van der Waals surface area contributed by atoms with E-state index >= 15 is 0 Å². The summed E-state index contributed by atoms with van der Waals surface area (Å²) in [5.41, 5.74) is 0.712. The molecular formula is C22H22ClN3O5S. The van der Waals surface area contributed by atoms with E-state index < -0.39 is 21.5 Å². The van der Waals surface area contributed by atoms with E-state index in [9.17, 15) is 23.1 Å². The molecule has 1 amide bonds. The summed E-state index contributed by atoms with van der Waals surface area (Å²) in [6.45, 7) is 1.34. The van der Waals surface area contributed by atoms with Crippen LogP contribution < -0.4 is 15.6 Å². The number of halogens is 1. The highest BCUT2D eigenvalue weighted by molar-refractivity contribution is 7.91. The van der Waals surface area contributed by atoms with Crippen molar-refractivity contribution in [2.75, 3.05) is 4.72 Å². The van der Waals surface area contributed by atoms with Crippen LogP contribution in [-0.4, -0.2) is 24.0 Å². The zero-order valence-corrected chi connectivity index (χ0v) is 18.8. The van der Waals surface area contributed by atoms with Gasteiger partial charge in [-0.3, -0.25) is 14.3 Å². The SMILES string of the molecule is Cc1ccc(NS(=O)(=O)Cc2ccccc2)c(=O)n1CC(=O)NCc1cc(Cl)ccc1O. The summed E-state index contributed by atoms with van der Waals surface area (Å²) in [4.78, 5) is 25.2. The largest absolute Gasteiger partial charge is 0.508 e. The second-order valence-corrected chi connectivity index (χ2v) is 9.33. The molecule has 0 atom stereocenters. The lowest BCUT2D eigenvalue weighted by atomic mass is 10.2. The lowest BCUT2D eigenvalue weighted by molar-refractivity contribution is -0.121. The fourth-order valence-corrected chi connectivity index (χ4v) is 4.42. The van der Waals surface area contributed by atoms with Gasteiger partial charge in [-0.15, -0.1) is 0 Å². The number of aryl methyl sites for hydroxylation is 1. The maximum Gasteiger partial charge on any atom is 0.275 e. The number of carbonyl (C=O) groups excluding carboxylic acids is 1. The first-order valence-electron chi connectivity index (χ1n) is 9.63. The van der Waals surface area contributed by atoms with E-state index in [0.717, 1.165) is 0 Å². The summed E-state index contributed by atoms with van der Waals surface area (Å²) in [6, 6.07) is 16.0. The van der Waals surface area contributed by atoms with Crippen molar-refractivity contribution in [2.24, 2.45) is 0 Å². The summed E-state index contributed by atoms with van der Waals surface area (Å²) in [7, 11) is -3.83. The molecule has 0 aliphatic rings. The second-order valence-electron chi connectivity index (χ2n) is 7.18. The zero-order valence-electron chi connectivity index (χ0n) is 17.2. The van der Waals surface area contributed by atoms with Gasteiger partial charge in [-0.05, 0) is 42.8 Å². The number of pyridine rings is 1. The zero-order chi connectivity index (χ0) is 23.3. The van der Waals surface area contributed by atoms with E-state index in [-0.39, 0.29) is 30.3 Å². The Hall–Kier alpha value is -3.30. The third kappa shape index (κ3) is 6.12. The Kier molecular flexibility index (Phi) is 7.22. The molecule has 0 unspecified atom stereocenters. The molecule has 0 aliphatic carbocycles. The van der Waals surface area contributed by atoms with E-state index in [4.69, 9.17) is 11.6 Å². The van der Waals surface area contributed by atoms with Gasteiger partial charge in [0, 0.05) is 22.8 Å². The highest BCUT2D eigenvalue weighted by Gasteiger charge is 2.17. The smallest absolute Gasteiger partial charge is 0.275 e. The molecule has 3 rings (SSSR count). The van der Waals surface area contributed by atoms with Gasteiger partial charge >= 0.3 is 0 Å². The van der Waals surface area contributed by atoms with Gasteiger partial charge in [-0.1, -0.05) is 41.9 Å². The van der Waals surface area contributed by atoms with Gasteiger partial charge in [0.1, 0.15) is 18.0 Å². The average molecular weight is 476 g/mol. The minimum absolute atomic E-state index is 0.0159. The number of aromatic nitrogens is 1. The van der Waals surface area contributed by atoms with Crippen LogP contribution in [0, 0.1) is 6.92 Å². The number of hydrogen-bond donors (Lipinski definition) is 3. The fraction of sp³-hybridized carbons (Fsp3) is 0.182. The number of carbonyl (C=O) groups is 1. The molecule has 0 saturated heterocycles. The van der Waals surface area contributed by atoms with Crippen LogP contribution in [-0.2, 0) is 33.7 Å². The van der Waals surface area contributed by atoms with Crippen molar-refractivity contribution >= 4 is 33.2 Å². The van der Waals surface area contributed by atoms with Gasteiger partial charge in [0.2, 0.25) is 15.9 Å². The van der Waals surface area contributed by atoms with E-state index in [1.54, 1.807) is 43.3 Å². The topological polar surface area (TPSA) is 118 Å². The van der Waals surface area contributed by atoms with E-state index in [1.165, 1.54) is 28.8 Å². The Labute approximate surface area is 190 Å². The van der Waals surface area contributed by atoms with E-state index in [1.807, 2.05) is 0 Å². The Morgan fingerprint density at radius 1 is 1.09 bits per heavy atom.